The molecule has 1 aromatic rings. The number of ether oxygens (including phenoxy) is 5. The van der Waals surface area contributed by atoms with Crippen LogP contribution in [0.4, 0.5) is 11.4 Å². The standard InChI is InChI=1S/C22H31N3O10S/c1-20(2)32-17-13-30-22(19(18(17)33-20)34-21(3,4)35-22)14-31-36(28,29)24-11-9-23(10-12-24)15-5-7-16(8-6-15)25(26)27/h5-8,17-19H,9-14H2,1-4H3/t17-,18-,19+,22+/m1/s1. The van der Waals surface area contributed by atoms with Crippen LogP contribution in [0.1, 0.15) is 27.7 Å². The largest absolute Gasteiger partial charge is 0.369 e. The molecule has 0 radical (unpaired) electrons. The first-order valence-electron chi connectivity index (χ1n) is 11.8. The smallest absolute Gasteiger partial charge is 0.338 e. The molecule has 13 nitrogen and oxygen atoms in total. The highest BCUT2D eigenvalue weighted by molar-refractivity contribution is 7.84. The number of piperazine rings is 1. The van der Waals surface area contributed by atoms with Gasteiger partial charge in [-0.25, -0.2) is 0 Å². The topological polar surface area (TPSA) is 139 Å². The van der Waals surface area contributed by atoms with E-state index in [0.717, 1.165) is 5.69 Å². The predicted molar refractivity (Wildman–Crippen MR) is 124 cm³/mol. The lowest BCUT2D eigenvalue weighted by molar-refractivity contribution is -0.384. The van der Waals surface area contributed by atoms with Gasteiger partial charge in [-0.3, -0.25) is 14.3 Å². The van der Waals surface area contributed by atoms with Crippen LogP contribution in [0, 0.1) is 10.1 Å². The van der Waals surface area contributed by atoms with Gasteiger partial charge in [0, 0.05) is 44.0 Å². The van der Waals surface area contributed by atoms with Crippen molar-refractivity contribution in [3.05, 3.63) is 34.4 Å². The zero-order valence-corrected chi connectivity index (χ0v) is 21.4. The van der Waals surface area contributed by atoms with E-state index in [1.807, 2.05) is 4.90 Å². The summed E-state index contributed by atoms with van der Waals surface area (Å²) in [5, 5.41) is 10.9. The minimum Gasteiger partial charge on any atom is -0.369 e. The highest BCUT2D eigenvalue weighted by Crippen LogP contribution is 2.47. The molecule has 0 aromatic heterocycles. The molecule has 14 heteroatoms. The van der Waals surface area contributed by atoms with Crippen LogP contribution in [0.15, 0.2) is 24.3 Å². The van der Waals surface area contributed by atoms with Crippen LogP contribution in [0.2, 0.25) is 0 Å². The molecule has 200 valence electrons. The Balaban J connectivity index is 1.23. The van der Waals surface area contributed by atoms with E-state index in [1.54, 1.807) is 39.8 Å². The monoisotopic (exact) mass is 529 g/mol. The van der Waals surface area contributed by atoms with Crippen LogP contribution in [-0.4, -0.2) is 92.7 Å². The van der Waals surface area contributed by atoms with Gasteiger partial charge >= 0.3 is 10.3 Å². The van der Waals surface area contributed by atoms with Gasteiger partial charge in [0.05, 0.1) is 11.5 Å². The summed E-state index contributed by atoms with van der Waals surface area (Å²) in [7, 11) is -4.10. The van der Waals surface area contributed by atoms with Crippen molar-refractivity contribution >= 4 is 21.7 Å². The van der Waals surface area contributed by atoms with Gasteiger partial charge in [-0.1, -0.05) is 0 Å². The summed E-state index contributed by atoms with van der Waals surface area (Å²) in [5.74, 6) is -3.34. The number of hydrogen-bond acceptors (Lipinski definition) is 11. The van der Waals surface area contributed by atoms with E-state index in [0.29, 0.717) is 13.1 Å². The molecule has 0 saturated carbocycles. The first kappa shape index (κ1) is 25.7. The summed E-state index contributed by atoms with van der Waals surface area (Å²) >= 11 is 0. The first-order valence-corrected chi connectivity index (χ1v) is 13.2. The van der Waals surface area contributed by atoms with Crippen molar-refractivity contribution < 1.29 is 41.2 Å². The zero-order valence-electron chi connectivity index (χ0n) is 20.6. The maximum atomic E-state index is 13.1. The summed E-state index contributed by atoms with van der Waals surface area (Å²) in [5.41, 5.74) is 0.785. The third-order valence-electron chi connectivity index (χ3n) is 6.66. The number of hydrogen-bond donors (Lipinski definition) is 0. The number of nitro groups is 1. The van der Waals surface area contributed by atoms with E-state index < -0.39 is 51.4 Å². The molecule has 0 aliphatic carbocycles. The molecule has 4 aliphatic rings. The molecule has 5 rings (SSSR count). The molecular formula is C22H31N3O10S. The van der Waals surface area contributed by atoms with E-state index in [9.17, 15) is 18.5 Å². The second-order valence-corrected chi connectivity index (χ2v) is 11.8. The van der Waals surface area contributed by atoms with Crippen LogP contribution in [-0.2, 0) is 38.2 Å². The van der Waals surface area contributed by atoms with Crippen molar-refractivity contribution in [1.29, 1.82) is 0 Å². The van der Waals surface area contributed by atoms with Crippen molar-refractivity contribution in [1.82, 2.24) is 4.31 Å². The number of nitro benzene ring substituents is 1. The van der Waals surface area contributed by atoms with E-state index in [4.69, 9.17) is 27.9 Å². The lowest BCUT2D eigenvalue weighted by atomic mass is 9.98. The SMILES string of the molecule is CC1(C)O[C@@H]2[C@@H](CO[C@@]3(COS(=O)(=O)N4CCN(c5ccc([N+](=O)[O-])cc5)CC4)OC(C)(C)O[C@@H]23)O1. The highest BCUT2D eigenvalue weighted by atomic mass is 32.2. The summed E-state index contributed by atoms with van der Waals surface area (Å²) in [6.45, 7) is 7.96. The first-order chi connectivity index (χ1) is 16.8. The highest BCUT2D eigenvalue weighted by Gasteiger charge is 2.66. The molecule has 0 bridgehead atoms. The van der Waals surface area contributed by atoms with Gasteiger partial charge in [0.1, 0.15) is 24.9 Å². The lowest BCUT2D eigenvalue weighted by Crippen LogP contribution is -2.61. The fourth-order valence-electron chi connectivity index (χ4n) is 5.13. The normalized spacial score (nSPS) is 33.8. The van der Waals surface area contributed by atoms with E-state index >= 15 is 0 Å². The molecule has 36 heavy (non-hydrogen) atoms. The van der Waals surface area contributed by atoms with Crippen LogP contribution < -0.4 is 4.90 Å². The molecule has 1 aromatic carbocycles. The second kappa shape index (κ2) is 8.84. The second-order valence-electron chi connectivity index (χ2n) is 10.2. The minimum atomic E-state index is -4.10. The Hall–Kier alpha value is -1.91. The molecule has 4 heterocycles. The number of rotatable bonds is 6. The number of non-ortho nitro benzene ring substituents is 1. The van der Waals surface area contributed by atoms with Crippen LogP contribution in [0.5, 0.6) is 0 Å². The lowest BCUT2D eigenvalue weighted by Gasteiger charge is -2.40. The predicted octanol–water partition coefficient (Wildman–Crippen LogP) is 1.38. The van der Waals surface area contributed by atoms with Gasteiger partial charge in [0.25, 0.3) is 5.69 Å². The number of nitrogens with zero attached hydrogens (tertiary/aromatic N) is 3. The molecule has 0 amide bonds. The molecule has 0 unspecified atom stereocenters. The maximum Gasteiger partial charge on any atom is 0.338 e. The molecule has 4 atom stereocenters. The number of anilines is 1. The summed E-state index contributed by atoms with van der Waals surface area (Å²) < 4.78 is 62.9. The quantitative estimate of drug-likeness (QED) is 0.390. The zero-order chi connectivity index (χ0) is 25.9. The number of benzene rings is 1. The van der Waals surface area contributed by atoms with Gasteiger partial charge in [-0.15, -0.1) is 0 Å². The summed E-state index contributed by atoms with van der Waals surface area (Å²) in [6.07, 6.45) is -1.63. The molecule has 4 fully saturated rings. The Morgan fingerprint density at radius 1 is 1.03 bits per heavy atom. The molecule has 4 saturated heterocycles. The van der Waals surface area contributed by atoms with Crippen molar-refractivity contribution in [3.63, 3.8) is 0 Å². The van der Waals surface area contributed by atoms with Crippen LogP contribution in [0.25, 0.3) is 0 Å². The van der Waals surface area contributed by atoms with Crippen LogP contribution in [0.3, 0.4) is 0 Å². The fraction of sp³-hybridized carbons (Fsp3) is 0.727. The third kappa shape index (κ3) is 4.84. The Bertz CT molecular complexity index is 1100. The van der Waals surface area contributed by atoms with Gasteiger partial charge in [-0.2, -0.15) is 12.7 Å². The average molecular weight is 530 g/mol. The van der Waals surface area contributed by atoms with Gasteiger partial charge < -0.3 is 28.6 Å². The van der Waals surface area contributed by atoms with Gasteiger partial charge in [0.15, 0.2) is 11.6 Å². The molecular weight excluding hydrogens is 498 g/mol. The minimum absolute atomic E-state index is 0.00159. The van der Waals surface area contributed by atoms with E-state index in [-0.39, 0.29) is 31.5 Å². The Kier molecular flexibility index (Phi) is 6.32. The van der Waals surface area contributed by atoms with Crippen LogP contribution >= 0.6 is 0 Å². The maximum absolute atomic E-state index is 13.1. The number of fused-ring (bicyclic) bond motifs is 3. The Morgan fingerprint density at radius 3 is 2.33 bits per heavy atom. The summed E-state index contributed by atoms with van der Waals surface area (Å²) in [4.78, 5) is 12.4. The van der Waals surface area contributed by atoms with Crippen molar-refractivity contribution in [3.8, 4) is 0 Å². The molecule has 0 N–H and O–H groups in total. The fourth-order valence-corrected chi connectivity index (χ4v) is 6.21. The molecule has 4 aliphatic heterocycles. The van der Waals surface area contributed by atoms with Crippen molar-refractivity contribution in [2.45, 2.75) is 63.4 Å². The Labute approximate surface area is 209 Å². The van der Waals surface area contributed by atoms with Crippen molar-refractivity contribution in [2.75, 3.05) is 44.3 Å². The van der Waals surface area contributed by atoms with Gasteiger partial charge in [-0.05, 0) is 39.8 Å². The molecule has 0 spiro atoms. The Morgan fingerprint density at radius 2 is 1.69 bits per heavy atom. The summed E-state index contributed by atoms with van der Waals surface area (Å²) in [6, 6.07) is 6.16. The van der Waals surface area contributed by atoms with Gasteiger partial charge in [0.2, 0.25) is 5.79 Å². The van der Waals surface area contributed by atoms with E-state index in [2.05, 4.69) is 0 Å². The van der Waals surface area contributed by atoms with E-state index in [1.165, 1.54) is 16.4 Å². The van der Waals surface area contributed by atoms with Crippen molar-refractivity contribution in [2.24, 2.45) is 0 Å². The average Bonchev–Trinajstić information content (AvgIpc) is 3.29. The third-order valence-corrected chi connectivity index (χ3v) is 8.08.